The Bertz CT molecular complexity index is 291. The standard InChI is InChI=1S/C10H15ClN2O/c1-3-4-14-7-10-12-8(2)5-9(6-11)13-10/h5H,3-4,6-7H2,1-2H3. The van der Waals surface area contributed by atoms with Crippen molar-refractivity contribution in [2.75, 3.05) is 6.61 Å². The van der Waals surface area contributed by atoms with E-state index in [-0.39, 0.29) is 0 Å². The smallest absolute Gasteiger partial charge is 0.154 e. The van der Waals surface area contributed by atoms with Crippen LogP contribution in [0.2, 0.25) is 0 Å². The number of hydrogen-bond acceptors (Lipinski definition) is 3. The van der Waals surface area contributed by atoms with Crippen LogP contribution >= 0.6 is 11.6 Å². The van der Waals surface area contributed by atoms with Gasteiger partial charge in [-0.15, -0.1) is 11.6 Å². The predicted octanol–water partition coefficient (Wildman–Crippen LogP) is 2.45. The summed E-state index contributed by atoms with van der Waals surface area (Å²) in [7, 11) is 0. The van der Waals surface area contributed by atoms with E-state index in [0.29, 0.717) is 18.3 Å². The first-order chi connectivity index (χ1) is 6.76. The van der Waals surface area contributed by atoms with Crippen LogP contribution in [0, 0.1) is 6.92 Å². The molecule has 14 heavy (non-hydrogen) atoms. The van der Waals surface area contributed by atoms with Gasteiger partial charge in [0.2, 0.25) is 0 Å². The molecule has 1 aromatic heterocycles. The zero-order valence-electron chi connectivity index (χ0n) is 8.59. The van der Waals surface area contributed by atoms with Crippen molar-refractivity contribution in [3.8, 4) is 0 Å². The van der Waals surface area contributed by atoms with Crippen molar-refractivity contribution in [2.45, 2.75) is 32.8 Å². The second-order valence-corrected chi connectivity index (χ2v) is 3.37. The first kappa shape index (κ1) is 11.4. The fourth-order valence-electron chi connectivity index (χ4n) is 1.14. The third kappa shape index (κ3) is 3.60. The third-order valence-corrected chi connectivity index (χ3v) is 1.94. The lowest BCUT2D eigenvalue weighted by atomic mass is 10.3. The van der Waals surface area contributed by atoms with Crippen LogP contribution in [0.3, 0.4) is 0 Å². The van der Waals surface area contributed by atoms with Crippen LogP contribution in [0.25, 0.3) is 0 Å². The number of rotatable bonds is 5. The molecular formula is C10H15ClN2O. The summed E-state index contributed by atoms with van der Waals surface area (Å²) in [4.78, 5) is 8.51. The maximum Gasteiger partial charge on any atom is 0.154 e. The van der Waals surface area contributed by atoms with E-state index in [4.69, 9.17) is 16.3 Å². The Balaban J connectivity index is 2.62. The summed E-state index contributed by atoms with van der Waals surface area (Å²) in [5.74, 6) is 1.14. The van der Waals surface area contributed by atoms with Gasteiger partial charge in [-0.2, -0.15) is 0 Å². The van der Waals surface area contributed by atoms with Gasteiger partial charge < -0.3 is 4.74 Å². The first-order valence-electron chi connectivity index (χ1n) is 4.73. The molecule has 1 heterocycles. The van der Waals surface area contributed by atoms with Crippen LogP contribution < -0.4 is 0 Å². The molecule has 0 aromatic carbocycles. The summed E-state index contributed by atoms with van der Waals surface area (Å²) in [5.41, 5.74) is 1.79. The van der Waals surface area contributed by atoms with E-state index in [1.165, 1.54) is 0 Å². The molecule has 1 aromatic rings. The Hall–Kier alpha value is -0.670. The molecule has 0 aliphatic rings. The van der Waals surface area contributed by atoms with Crippen LogP contribution in [-0.2, 0) is 17.2 Å². The molecule has 0 N–H and O–H groups in total. The van der Waals surface area contributed by atoms with Gasteiger partial charge in [-0.25, -0.2) is 9.97 Å². The number of alkyl halides is 1. The quantitative estimate of drug-likeness (QED) is 0.558. The van der Waals surface area contributed by atoms with E-state index >= 15 is 0 Å². The van der Waals surface area contributed by atoms with Crippen LogP contribution in [0.4, 0.5) is 0 Å². The van der Waals surface area contributed by atoms with Crippen LogP contribution in [-0.4, -0.2) is 16.6 Å². The molecule has 0 aliphatic heterocycles. The molecule has 0 saturated heterocycles. The monoisotopic (exact) mass is 214 g/mol. The number of halogens is 1. The van der Waals surface area contributed by atoms with Gasteiger partial charge in [0.05, 0.1) is 11.6 Å². The van der Waals surface area contributed by atoms with Crippen LogP contribution in [0.15, 0.2) is 6.07 Å². The van der Waals surface area contributed by atoms with Gasteiger partial charge in [0.1, 0.15) is 6.61 Å². The molecule has 0 saturated carbocycles. The van der Waals surface area contributed by atoms with Crippen molar-refractivity contribution in [1.29, 1.82) is 0 Å². The molecule has 78 valence electrons. The maximum atomic E-state index is 5.70. The fourth-order valence-corrected chi connectivity index (χ4v) is 1.28. The topological polar surface area (TPSA) is 35.0 Å². The number of aromatic nitrogens is 2. The maximum absolute atomic E-state index is 5.70. The van der Waals surface area contributed by atoms with E-state index in [9.17, 15) is 0 Å². The van der Waals surface area contributed by atoms with Gasteiger partial charge >= 0.3 is 0 Å². The van der Waals surface area contributed by atoms with Gasteiger partial charge in [-0.05, 0) is 19.4 Å². The number of hydrogen-bond donors (Lipinski definition) is 0. The highest BCUT2D eigenvalue weighted by Crippen LogP contribution is 2.04. The Kier molecular flexibility index (Phi) is 4.84. The molecule has 3 nitrogen and oxygen atoms in total. The highest BCUT2D eigenvalue weighted by Gasteiger charge is 2.01. The van der Waals surface area contributed by atoms with Crippen molar-refractivity contribution in [3.63, 3.8) is 0 Å². The summed E-state index contributed by atoms with van der Waals surface area (Å²) in [6.45, 7) is 5.22. The second-order valence-electron chi connectivity index (χ2n) is 3.10. The van der Waals surface area contributed by atoms with Crippen LogP contribution in [0.5, 0.6) is 0 Å². The van der Waals surface area contributed by atoms with Gasteiger partial charge in [0.25, 0.3) is 0 Å². The van der Waals surface area contributed by atoms with Crippen molar-refractivity contribution in [3.05, 3.63) is 23.3 Å². The molecule has 0 aliphatic carbocycles. The molecular weight excluding hydrogens is 200 g/mol. The lowest BCUT2D eigenvalue weighted by molar-refractivity contribution is 0.116. The fraction of sp³-hybridized carbons (Fsp3) is 0.600. The molecule has 4 heteroatoms. The van der Waals surface area contributed by atoms with Gasteiger partial charge in [-0.3, -0.25) is 0 Å². The van der Waals surface area contributed by atoms with E-state index in [1.807, 2.05) is 13.0 Å². The van der Waals surface area contributed by atoms with E-state index in [0.717, 1.165) is 24.4 Å². The zero-order valence-corrected chi connectivity index (χ0v) is 9.34. The minimum Gasteiger partial charge on any atom is -0.373 e. The SMILES string of the molecule is CCCOCc1nc(C)cc(CCl)n1. The number of aryl methyl sites for hydroxylation is 1. The molecule has 0 bridgehead atoms. The van der Waals surface area contributed by atoms with Crippen LogP contribution in [0.1, 0.15) is 30.6 Å². The average molecular weight is 215 g/mol. The van der Waals surface area contributed by atoms with Crippen molar-refractivity contribution < 1.29 is 4.74 Å². The summed E-state index contributed by atoms with van der Waals surface area (Å²) in [5, 5.41) is 0. The predicted molar refractivity (Wildman–Crippen MR) is 56.3 cm³/mol. The number of nitrogens with zero attached hydrogens (tertiary/aromatic N) is 2. The Labute approximate surface area is 89.5 Å². The van der Waals surface area contributed by atoms with E-state index in [1.54, 1.807) is 0 Å². The van der Waals surface area contributed by atoms with E-state index < -0.39 is 0 Å². The van der Waals surface area contributed by atoms with E-state index in [2.05, 4.69) is 16.9 Å². The molecule has 0 spiro atoms. The van der Waals surface area contributed by atoms with Gasteiger partial charge in [0.15, 0.2) is 5.82 Å². The minimum absolute atomic E-state index is 0.421. The summed E-state index contributed by atoms with van der Waals surface area (Å²) >= 11 is 5.70. The highest BCUT2D eigenvalue weighted by molar-refractivity contribution is 6.16. The van der Waals surface area contributed by atoms with Crippen molar-refractivity contribution >= 4 is 11.6 Å². The minimum atomic E-state index is 0.421. The molecule has 1 rings (SSSR count). The van der Waals surface area contributed by atoms with Gasteiger partial charge in [-0.1, -0.05) is 6.92 Å². The Morgan fingerprint density at radius 1 is 1.43 bits per heavy atom. The number of ether oxygens (including phenoxy) is 1. The summed E-state index contributed by atoms with van der Waals surface area (Å²) in [6.07, 6.45) is 1.01. The first-order valence-corrected chi connectivity index (χ1v) is 5.27. The van der Waals surface area contributed by atoms with Crippen molar-refractivity contribution in [1.82, 2.24) is 9.97 Å². The normalized spacial score (nSPS) is 10.5. The summed E-state index contributed by atoms with van der Waals surface area (Å²) < 4.78 is 5.36. The lowest BCUT2D eigenvalue weighted by Gasteiger charge is -2.04. The molecule has 0 unspecified atom stereocenters. The van der Waals surface area contributed by atoms with Gasteiger partial charge in [0, 0.05) is 12.3 Å². The zero-order chi connectivity index (χ0) is 10.4. The molecule has 0 fully saturated rings. The lowest BCUT2D eigenvalue weighted by Crippen LogP contribution is -2.03. The molecule has 0 amide bonds. The summed E-state index contributed by atoms with van der Waals surface area (Å²) in [6, 6.07) is 1.89. The largest absolute Gasteiger partial charge is 0.373 e. The Morgan fingerprint density at radius 2 is 2.21 bits per heavy atom. The molecule has 0 atom stereocenters. The highest BCUT2D eigenvalue weighted by atomic mass is 35.5. The molecule has 0 radical (unpaired) electrons. The third-order valence-electron chi connectivity index (χ3n) is 1.67. The van der Waals surface area contributed by atoms with Crippen molar-refractivity contribution in [2.24, 2.45) is 0 Å². The average Bonchev–Trinajstić information content (AvgIpc) is 2.17. The Morgan fingerprint density at radius 3 is 2.86 bits per heavy atom. The second kappa shape index (κ2) is 5.94.